The van der Waals surface area contributed by atoms with Crippen LogP contribution >= 0.6 is 11.6 Å². The highest BCUT2D eigenvalue weighted by molar-refractivity contribution is 6.16. The fourth-order valence-corrected chi connectivity index (χ4v) is 2.53. The van der Waals surface area contributed by atoms with Crippen molar-refractivity contribution in [3.8, 4) is 0 Å². The van der Waals surface area contributed by atoms with Gasteiger partial charge in [-0.15, -0.1) is 11.6 Å². The monoisotopic (exact) mass is 279 g/mol. The molecule has 102 valence electrons. The number of unbranched alkanes of at least 4 members (excludes halogenated alkanes) is 1. The Morgan fingerprint density at radius 1 is 1.42 bits per heavy atom. The summed E-state index contributed by atoms with van der Waals surface area (Å²) in [6.45, 7) is 2.89. The summed E-state index contributed by atoms with van der Waals surface area (Å²) < 4.78 is 2.15. The minimum absolute atomic E-state index is 0.246. The van der Waals surface area contributed by atoms with E-state index in [2.05, 4.69) is 22.5 Å². The summed E-state index contributed by atoms with van der Waals surface area (Å²) >= 11 is 5.96. The molecule has 1 amide bonds. The first-order valence-corrected chi connectivity index (χ1v) is 6.96. The Kier molecular flexibility index (Phi) is 4.43. The molecule has 1 heterocycles. The van der Waals surface area contributed by atoms with Gasteiger partial charge in [0, 0.05) is 13.0 Å². The summed E-state index contributed by atoms with van der Waals surface area (Å²) in [4.78, 5) is 15.3. The second-order valence-corrected chi connectivity index (χ2v) is 4.95. The number of benzene rings is 1. The maximum absolute atomic E-state index is 10.7. The maximum Gasteiger partial charge on any atom is 0.217 e. The number of alkyl halides is 1. The number of rotatable bonds is 6. The van der Waals surface area contributed by atoms with Crippen LogP contribution in [0.25, 0.3) is 11.0 Å². The third-order valence-electron chi connectivity index (χ3n) is 3.22. The highest BCUT2D eigenvalue weighted by Crippen LogP contribution is 2.21. The number of imidazole rings is 1. The molecule has 0 aliphatic heterocycles. The molecule has 0 atom stereocenters. The molecule has 2 aromatic rings. The SMILES string of the molecule is Cc1cccc2nc(CCl)n(CCCCC(N)=O)c12. The number of carbonyl (C=O) groups excluding carboxylic acids is 1. The number of hydrogen-bond donors (Lipinski definition) is 1. The van der Waals surface area contributed by atoms with E-state index >= 15 is 0 Å². The topological polar surface area (TPSA) is 60.9 Å². The molecule has 0 aliphatic carbocycles. The van der Waals surface area contributed by atoms with E-state index in [9.17, 15) is 4.79 Å². The van der Waals surface area contributed by atoms with Crippen molar-refractivity contribution in [2.45, 2.75) is 38.6 Å². The van der Waals surface area contributed by atoms with Gasteiger partial charge in [-0.3, -0.25) is 4.79 Å². The first-order valence-electron chi connectivity index (χ1n) is 6.42. The molecule has 2 N–H and O–H groups in total. The molecule has 0 aliphatic rings. The van der Waals surface area contributed by atoms with Crippen LogP contribution in [0.2, 0.25) is 0 Å². The van der Waals surface area contributed by atoms with Crippen LogP contribution in [0, 0.1) is 6.92 Å². The summed E-state index contributed by atoms with van der Waals surface area (Å²) in [6.07, 6.45) is 2.12. The summed E-state index contributed by atoms with van der Waals surface area (Å²) in [5.74, 6) is 1.03. The summed E-state index contributed by atoms with van der Waals surface area (Å²) in [7, 11) is 0. The van der Waals surface area contributed by atoms with Crippen molar-refractivity contribution in [1.29, 1.82) is 0 Å². The van der Waals surface area contributed by atoms with Crippen molar-refractivity contribution in [2.24, 2.45) is 5.73 Å². The third-order valence-corrected chi connectivity index (χ3v) is 3.46. The standard InChI is InChI=1S/C14H18ClN3O/c1-10-5-4-6-11-14(10)18(13(9-15)17-11)8-3-2-7-12(16)19/h4-6H,2-3,7-9H2,1H3,(H2,16,19). The predicted octanol–water partition coefficient (Wildman–Crippen LogP) is 2.74. The number of aryl methyl sites for hydroxylation is 2. The number of amides is 1. The fraction of sp³-hybridized carbons (Fsp3) is 0.429. The molecule has 5 heteroatoms. The van der Waals surface area contributed by atoms with Gasteiger partial charge >= 0.3 is 0 Å². The molecule has 0 unspecified atom stereocenters. The van der Waals surface area contributed by atoms with Crippen molar-refractivity contribution < 1.29 is 4.79 Å². The Bertz CT molecular complexity index is 592. The molecule has 0 spiro atoms. The smallest absolute Gasteiger partial charge is 0.217 e. The van der Waals surface area contributed by atoms with Gasteiger partial charge in [-0.1, -0.05) is 12.1 Å². The second kappa shape index (κ2) is 6.06. The number of primary amides is 1. The van der Waals surface area contributed by atoms with Gasteiger partial charge in [0.2, 0.25) is 5.91 Å². The lowest BCUT2D eigenvalue weighted by atomic mass is 10.2. The minimum Gasteiger partial charge on any atom is -0.370 e. The average molecular weight is 280 g/mol. The normalized spacial score (nSPS) is 11.1. The van der Waals surface area contributed by atoms with Gasteiger partial charge in [-0.2, -0.15) is 0 Å². The van der Waals surface area contributed by atoms with Crippen LogP contribution in [0.5, 0.6) is 0 Å². The van der Waals surface area contributed by atoms with Crippen LogP contribution in [-0.4, -0.2) is 15.5 Å². The van der Waals surface area contributed by atoms with E-state index in [1.165, 1.54) is 5.56 Å². The Morgan fingerprint density at radius 3 is 2.89 bits per heavy atom. The molecule has 0 fully saturated rings. The Morgan fingerprint density at radius 2 is 2.21 bits per heavy atom. The van der Waals surface area contributed by atoms with E-state index in [0.29, 0.717) is 12.3 Å². The van der Waals surface area contributed by atoms with Gasteiger partial charge in [0.05, 0.1) is 16.9 Å². The number of fused-ring (bicyclic) bond motifs is 1. The number of halogens is 1. The van der Waals surface area contributed by atoms with Crippen LogP contribution in [0.3, 0.4) is 0 Å². The largest absolute Gasteiger partial charge is 0.370 e. The van der Waals surface area contributed by atoms with E-state index in [1.807, 2.05) is 12.1 Å². The molecule has 0 bridgehead atoms. The quantitative estimate of drug-likeness (QED) is 0.653. The Labute approximate surface area is 117 Å². The van der Waals surface area contributed by atoms with E-state index in [-0.39, 0.29) is 5.91 Å². The van der Waals surface area contributed by atoms with E-state index in [0.717, 1.165) is 36.2 Å². The predicted molar refractivity (Wildman–Crippen MR) is 77.1 cm³/mol. The van der Waals surface area contributed by atoms with E-state index in [4.69, 9.17) is 17.3 Å². The molecule has 1 aromatic heterocycles. The number of nitrogens with zero attached hydrogens (tertiary/aromatic N) is 2. The van der Waals surface area contributed by atoms with Gasteiger partial charge in [-0.05, 0) is 31.4 Å². The molecule has 0 saturated carbocycles. The summed E-state index contributed by atoms with van der Waals surface area (Å²) in [5.41, 5.74) is 8.45. The Balaban J connectivity index is 2.22. The molecule has 0 saturated heterocycles. The highest BCUT2D eigenvalue weighted by atomic mass is 35.5. The van der Waals surface area contributed by atoms with Crippen molar-refractivity contribution >= 4 is 28.5 Å². The average Bonchev–Trinajstić information content (AvgIpc) is 2.74. The minimum atomic E-state index is -0.246. The van der Waals surface area contributed by atoms with Gasteiger partial charge < -0.3 is 10.3 Å². The molecule has 1 aromatic carbocycles. The maximum atomic E-state index is 10.7. The van der Waals surface area contributed by atoms with Crippen LogP contribution < -0.4 is 5.73 Å². The zero-order valence-electron chi connectivity index (χ0n) is 11.0. The zero-order valence-corrected chi connectivity index (χ0v) is 11.8. The molecule has 4 nitrogen and oxygen atoms in total. The summed E-state index contributed by atoms with van der Waals surface area (Å²) in [5, 5.41) is 0. The molecule has 19 heavy (non-hydrogen) atoms. The lowest BCUT2D eigenvalue weighted by Crippen LogP contribution is -2.10. The van der Waals surface area contributed by atoms with Crippen molar-refractivity contribution in [2.75, 3.05) is 0 Å². The van der Waals surface area contributed by atoms with Crippen LogP contribution in [0.1, 0.15) is 30.7 Å². The molecular formula is C14H18ClN3O. The zero-order chi connectivity index (χ0) is 13.8. The highest BCUT2D eigenvalue weighted by Gasteiger charge is 2.11. The van der Waals surface area contributed by atoms with Gasteiger partial charge in [0.15, 0.2) is 0 Å². The lowest BCUT2D eigenvalue weighted by molar-refractivity contribution is -0.118. The number of aromatic nitrogens is 2. The molecule has 2 rings (SSSR count). The lowest BCUT2D eigenvalue weighted by Gasteiger charge is -2.08. The first-order chi connectivity index (χ1) is 9.13. The second-order valence-electron chi connectivity index (χ2n) is 4.68. The molecule has 0 radical (unpaired) electrons. The number of hydrogen-bond acceptors (Lipinski definition) is 2. The summed E-state index contributed by atoms with van der Waals surface area (Å²) in [6, 6.07) is 6.07. The van der Waals surface area contributed by atoms with Crippen molar-refractivity contribution in [3.63, 3.8) is 0 Å². The Hall–Kier alpha value is -1.55. The fourth-order valence-electron chi connectivity index (χ4n) is 2.33. The first kappa shape index (κ1) is 13.9. The molecular weight excluding hydrogens is 262 g/mol. The van der Waals surface area contributed by atoms with Crippen LogP contribution in [-0.2, 0) is 17.2 Å². The van der Waals surface area contributed by atoms with Crippen LogP contribution in [0.15, 0.2) is 18.2 Å². The third kappa shape index (κ3) is 3.07. The van der Waals surface area contributed by atoms with Gasteiger partial charge in [0.1, 0.15) is 5.82 Å². The van der Waals surface area contributed by atoms with E-state index < -0.39 is 0 Å². The number of carbonyl (C=O) groups is 1. The van der Waals surface area contributed by atoms with Gasteiger partial charge in [0.25, 0.3) is 0 Å². The van der Waals surface area contributed by atoms with Gasteiger partial charge in [-0.25, -0.2) is 4.98 Å². The van der Waals surface area contributed by atoms with E-state index in [1.54, 1.807) is 0 Å². The number of para-hydroxylation sites is 1. The van der Waals surface area contributed by atoms with Crippen molar-refractivity contribution in [1.82, 2.24) is 9.55 Å². The number of nitrogens with two attached hydrogens (primary N) is 1. The van der Waals surface area contributed by atoms with Crippen LogP contribution in [0.4, 0.5) is 0 Å². The van der Waals surface area contributed by atoms with Crippen molar-refractivity contribution in [3.05, 3.63) is 29.6 Å².